The van der Waals surface area contributed by atoms with Gasteiger partial charge in [-0.2, -0.15) is 0 Å². The number of nitrogens with two attached hydrogens (primary N) is 2. The molecule has 1 aliphatic rings. The summed E-state index contributed by atoms with van der Waals surface area (Å²) in [5.74, 6) is -8.33. The largest absolute Gasteiger partial charge is 0.481 e. The molecule has 0 aromatic carbocycles. The van der Waals surface area contributed by atoms with Crippen LogP contribution in [0.3, 0.4) is 0 Å². The summed E-state index contributed by atoms with van der Waals surface area (Å²) in [6.07, 6.45) is -1.90. The van der Waals surface area contributed by atoms with E-state index in [1.165, 1.54) is 0 Å². The van der Waals surface area contributed by atoms with E-state index >= 15 is 0 Å². The van der Waals surface area contributed by atoms with Gasteiger partial charge in [0.25, 0.3) is 0 Å². The average Bonchev–Trinajstić information content (AvgIpc) is 2.42. The number of carboxylic acid groups (broad SMARTS) is 4. The van der Waals surface area contributed by atoms with Gasteiger partial charge in [0, 0.05) is 37.8 Å². The smallest absolute Gasteiger partial charge is 0.303 e. The van der Waals surface area contributed by atoms with Gasteiger partial charge in [0.05, 0.1) is 0 Å². The van der Waals surface area contributed by atoms with E-state index in [9.17, 15) is 19.2 Å². The molecular formula is C14H22N2O8. The van der Waals surface area contributed by atoms with Gasteiger partial charge in [-0.3, -0.25) is 19.2 Å². The van der Waals surface area contributed by atoms with Crippen LogP contribution in [0.4, 0.5) is 0 Å². The number of carboxylic acids is 4. The van der Waals surface area contributed by atoms with Crippen LogP contribution in [0.25, 0.3) is 0 Å². The molecule has 0 aromatic rings. The third-order valence-electron chi connectivity index (χ3n) is 4.72. The standard InChI is InChI=1S/C14H22N2O8/c15-13-7(3-11(21)22)5(1-9(17)18)6(2-10(19)20)8(14(13)16)4-12(23)24/h5-8,13-14H,1-4,15-16H2,(H,17,18)(H,19,20)(H,21,22)(H,23,24). The van der Waals surface area contributed by atoms with Crippen molar-refractivity contribution in [1.82, 2.24) is 0 Å². The van der Waals surface area contributed by atoms with Gasteiger partial charge in [-0.25, -0.2) is 0 Å². The molecule has 1 fully saturated rings. The van der Waals surface area contributed by atoms with E-state index in [2.05, 4.69) is 0 Å². The van der Waals surface area contributed by atoms with Gasteiger partial charge >= 0.3 is 23.9 Å². The fourth-order valence-corrected chi connectivity index (χ4v) is 3.76. The van der Waals surface area contributed by atoms with Crippen LogP contribution in [0.2, 0.25) is 0 Å². The van der Waals surface area contributed by atoms with Crippen LogP contribution in [0.5, 0.6) is 0 Å². The molecule has 0 radical (unpaired) electrons. The van der Waals surface area contributed by atoms with Crippen LogP contribution >= 0.6 is 0 Å². The summed E-state index contributed by atoms with van der Waals surface area (Å²) in [4.78, 5) is 44.5. The Morgan fingerprint density at radius 2 is 0.750 bits per heavy atom. The molecule has 6 unspecified atom stereocenters. The SMILES string of the molecule is NC1C(N)C(CC(=O)O)C(CC(=O)O)C(CC(=O)O)C1CC(=O)O. The van der Waals surface area contributed by atoms with Crippen LogP contribution in [0, 0.1) is 23.7 Å². The molecule has 8 N–H and O–H groups in total. The Balaban J connectivity index is 3.28. The molecular weight excluding hydrogens is 324 g/mol. The fourth-order valence-electron chi connectivity index (χ4n) is 3.76. The van der Waals surface area contributed by atoms with Crippen LogP contribution < -0.4 is 11.5 Å². The van der Waals surface area contributed by atoms with Gasteiger partial charge in [-0.05, 0) is 23.7 Å². The summed E-state index contributed by atoms with van der Waals surface area (Å²) in [7, 11) is 0. The van der Waals surface area contributed by atoms with Crippen molar-refractivity contribution in [2.45, 2.75) is 37.8 Å². The molecule has 1 saturated carbocycles. The van der Waals surface area contributed by atoms with Gasteiger partial charge in [0.1, 0.15) is 0 Å². The molecule has 0 bridgehead atoms. The number of aliphatic carboxylic acids is 4. The lowest BCUT2D eigenvalue weighted by Gasteiger charge is -2.48. The zero-order valence-electron chi connectivity index (χ0n) is 12.9. The maximum Gasteiger partial charge on any atom is 0.303 e. The first-order valence-electron chi connectivity index (χ1n) is 7.42. The minimum atomic E-state index is -1.23. The highest BCUT2D eigenvalue weighted by Crippen LogP contribution is 2.44. The lowest BCUT2D eigenvalue weighted by molar-refractivity contribution is -0.150. The Morgan fingerprint density at radius 3 is 0.958 bits per heavy atom. The lowest BCUT2D eigenvalue weighted by Crippen LogP contribution is -2.61. The normalized spacial score (nSPS) is 32.9. The van der Waals surface area contributed by atoms with E-state index in [0.29, 0.717) is 0 Å². The van der Waals surface area contributed by atoms with Crippen molar-refractivity contribution in [2.24, 2.45) is 35.1 Å². The third kappa shape index (κ3) is 4.90. The second-order valence-electron chi connectivity index (χ2n) is 6.20. The molecule has 1 rings (SSSR count). The molecule has 1 aliphatic carbocycles. The highest BCUT2D eigenvalue weighted by Gasteiger charge is 2.50. The Labute approximate surface area is 137 Å². The first-order valence-corrected chi connectivity index (χ1v) is 7.42. The topological polar surface area (TPSA) is 201 Å². The molecule has 0 amide bonds. The van der Waals surface area contributed by atoms with Gasteiger partial charge in [-0.15, -0.1) is 0 Å². The second-order valence-corrected chi connectivity index (χ2v) is 6.20. The Morgan fingerprint density at radius 1 is 0.542 bits per heavy atom. The predicted molar refractivity (Wildman–Crippen MR) is 78.9 cm³/mol. The summed E-state index contributed by atoms with van der Waals surface area (Å²) >= 11 is 0. The summed E-state index contributed by atoms with van der Waals surface area (Å²) in [6.45, 7) is 0. The molecule has 0 heterocycles. The summed E-state index contributed by atoms with van der Waals surface area (Å²) < 4.78 is 0. The van der Waals surface area contributed by atoms with Gasteiger partial charge < -0.3 is 31.9 Å². The quantitative estimate of drug-likeness (QED) is 0.317. The predicted octanol–water partition coefficient (Wildman–Crippen LogP) is -0.982. The molecule has 0 spiro atoms. The van der Waals surface area contributed by atoms with E-state index < -0.39 is 85.3 Å². The third-order valence-corrected chi connectivity index (χ3v) is 4.72. The Kier molecular flexibility index (Phi) is 6.67. The summed E-state index contributed by atoms with van der Waals surface area (Å²) in [5, 5.41) is 36.3. The van der Waals surface area contributed by atoms with Crippen LogP contribution in [-0.2, 0) is 19.2 Å². The minimum absolute atomic E-state index is 0.456. The number of hydrogen-bond acceptors (Lipinski definition) is 6. The summed E-state index contributed by atoms with van der Waals surface area (Å²) in [6, 6.07) is -1.86. The molecule has 0 aliphatic heterocycles. The molecule has 0 saturated heterocycles. The van der Waals surface area contributed by atoms with Crippen molar-refractivity contribution in [1.29, 1.82) is 0 Å². The second kappa shape index (κ2) is 8.06. The maximum absolute atomic E-state index is 11.2. The Bertz CT molecular complexity index is 477. The van der Waals surface area contributed by atoms with Crippen molar-refractivity contribution < 1.29 is 39.6 Å². The molecule has 0 aromatic heterocycles. The highest BCUT2D eigenvalue weighted by molar-refractivity contribution is 5.71. The monoisotopic (exact) mass is 346 g/mol. The van der Waals surface area contributed by atoms with Crippen molar-refractivity contribution in [3.05, 3.63) is 0 Å². The van der Waals surface area contributed by atoms with E-state index in [-0.39, 0.29) is 0 Å². The summed E-state index contributed by atoms with van der Waals surface area (Å²) in [5.41, 5.74) is 11.9. The zero-order chi connectivity index (χ0) is 18.6. The van der Waals surface area contributed by atoms with Crippen molar-refractivity contribution >= 4 is 23.9 Å². The number of carbonyl (C=O) groups is 4. The first-order chi connectivity index (χ1) is 11.0. The van der Waals surface area contributed by atoms with Gasteiger partial charge in [0.15, 0.2) is 0 Å². The number of hydrogen-bond donors (Lipinski definition) is 6. The fraction of sp³-hybridized carbons (Fsp3) is 0.714. The Hall–Kier alpha value is -2.20. The molecule has 10 nitrogen and oxygen atoms in total. The van der Waals surface area contributed by atoms with E-state index in [4.69, 9.17) is 31.9 Å². The molecule has 24 heavy (non-hydrogen) atoms. The molecule has 136 valence electrons. The van der Waals surface area contributed by atoms with E-state index in [1.807, 2.05) is 0 Å². The van der Waals surface area contributed by atoms with E-state index in [0.717, 1.165) is 0 Å². The maximum atomic E-state index is 11.2. The van der Waals surface area contributed by atoms with Gasteiger partial charge in [-0.1, -0.05) is 0 Å². The van der Waals surface area contributed by atoms with Crippen molar-refractivity contribution in [3.63, 3.8) is 0 Å². The van der Waals surface area contributed by atoms with Crippen molar-refractivity contribution in [3.8, 4) is 0 Å². The van der Waals surface area contributed by atoms with Crippen molar-refractivity contribution in [2.75, 3.05) is 0 Å². The highest BCUT2D eigenvalue weighted by atomic mass is 16.4. The van der Waals surface area contributed by atoms with Gasteiger partial charge in [0.2, 0.25) is 0 Å². The van der Waals surface area contributed by atoms with Crippen LogP contribution in [-0.4, -0.2) is 56.4 Å². The lowest BCUT2D eigenvalue weighted by atomic mass is 9.59. The van der Waals surface area contributed by atoms with E-state index in [1.54, 1.807) is 0 Å². The zero-order valence-corrected chi connectivity index (χ0v) is 12.9. The van der Waals surface area contributed by atoms with Crippen LogP contribution in [0.1, 0.15) is 25.7 Å². The molecule has 6 atom stereocenters. The molecule has 10 heteroatoms. The van der Waals surface area contributed by atoms with Crippen LogP contribution in [0.15, 0.2) is 0 Å². The number of rotatable bonds is 8. The first kappa shape index (κ1) is 19.8. The average molecular weight is 346 g/mol. The minimum Gasteiger partial charge on any atom is -0.481 e.